The van der Waals surface area contributed by atoms with Gasteiger partial charge in [-0.1, -0.05) is 57.6 Å². The van der Waals surface area contributed by atoms with Gasteiger partial charge in [0.15, 0.2) is 12.1 Å². The summed E-state index contributed by atoms with van der Waals surface area (Å²) in [6.45, 7) is 6.52. The lowest BCUT2D eigenvalue weighted by atomic mass is 10.00. The third kappa shape index (κ3) is 10.2. The minimum absolute atomic E-state index is 0.179. The first-order chi connectivity index (χ1) is 15.1. The van der Waals surface area contributed by atoms with Crippen LogP contribution in [0.15, 0.2) is 12.2 Å². The summed E-state index contributed by atoms with van der Waals surface area (Å²) < 4.78 is -0.544. The molecule has 0 bridgehead atoms. The minimum atomic E-state index is -1.43. The number of carboxylic acid groups (broad SMARTS) is 3. The maximum Gasteiger partial charge on any atom is 0.362 e. The monoisotopic (exact) mass is 455 g/mol. The highest BCUT2D eigenvalue weighted by Crippen LogP contribution is 2.27. The van der Waals surface area contributed by atoms with Crippen molar-refractivity contribution in [2.75, 3.05) is 6.54 Å². The van der Waals surface area contributed by atoms with Gasteiger partial charge in [-0.25, -0.2) is 9.59 Å². The van der Waals surface area contributed by atoms with E-state index in [9.17, 15) is 29.7 Å². The molecule has 0 amide bonds. The standard InChI is InChI=1S/C25H45NO6/c1-5-6-7-8-9-10-11-12-13-14-15-16-17-18-19-26(20(2)23(27)28,21(3)24(29)30)22(4)25(31)32/h9-10,20-22H,5-8,11-19H2,1-4H3,(H2-,27,28,29,30,31,32)/b10-9+. The Kier molecular flexibility index (Phi) is 15.7. The molecule has 0 aliphatic rings. The highest BCUT2D eigenvalue weighted by atomic mass is 16.4. The molecule has 0 aromatic heterocycles. The molecule has 7 heteroatoms. The molecule has 0 spiro atoms. The van der Waals surface area contributed by atoms with E-state index in [1.54, 1.807) is 0 Å². The van der Waals surface area contributed by atoms with E-state index in [0.29, 0.717) is 6.42 Å². The number of aliphatic carboxylic acids is 3. The molecule has 0 heterocycles. The largest absolute Gasteiger partial charge is 0.544 e. The third-order valence-corrected chi connectivity index (χ3v) is 6.78. The second kappa shape index (κ2) is 16.7. The summed E-state index contributed by atoms with van der Waals surface area (Å²) in [4.78, 5) is 35.1. The molecule has 2 N–H and O–H groups in total. The van der Waals surface area contributed by atoms with Crippen LogP contribution >= 0.6 is 0 Å². The van der Waals surface area contributed by atoms with Crippen LogP contribution in [0.25, 0.3) is 0 Å². The van der Waals surface area contributed by atoms with Crippen molar-refractivity contribution in [3.05, 3.63) is 12.2 Å². The van der Waals surface area contributed by atoms with Crippen molar-refractivity contribution in [2.24, 2.45) is 0 Å². The normalized spacial score (nSPS) is 16.4. The Morgan fingerprint density at radius 2 is 1.12 bits per heavy atom. The third-order valence-electron chi connectivity index (χ3n) is 6.78. The maximum absolute atomic E-state index is 11.7. The van der Waals surface area contributed by atoms with E-state index in [1.807, 2.05) is 0 Å². The Balaban J connectivity index is 4.53. The summed E-state index contributed by atoms with van der Waals surface area (Å²) >= 11 is 0. The zero-order chi connectivity index (χ0) is 24.6. The molecule has 0 saturated heterocycles. The lowest BCUT2D eigenvalue weighted by Crippen LogP contribution is -2.72. The SMILES string of the molecule is CCCCC/C=C/CCCCCCCCC[N+](C(C)C(=O)[O-])(C(C)C(=O)O)C(C)C(=O)O. The summed E-state index contributed by atoms with van der Waals surface area (Å²) in [5, 5.41) is 30.8. The van der Waals surface area contributed by atoms with Crippen LogP contribution in [0, 0.1) is 0 Å². The highest BCUT2D eigenvalue weighted by Gasteiger charge is 2.50. The fraction of sp³-hybridized carbons (Fsp3) is 0.800. The summed E-state index contributed by atoms with van der Waals surface area (Å²) in [7, 11) is 0. The Morgan fingerprint density at radius 3 is 1.53 bits per heavy atom. The molecule has 3 atom stereocenters. The van der Waals surface area contributed by atoms with Crippen LogP contribution in [0.4, 0.5) is 0 Å². The topological polar surface area (TPSA) is 115 Å². The molecule has 0 aromatic carbocycles. The number of carbonyl (C=O) groups excluding carboxylic acids is 1. The second-order valence-corrected chi connectivity index (χ2v) is 8.97. The van der Waals surface area contributed by atoms with E-state index in [2.05, 4.69) is 19.1 Å². The van der Waals surface area contributed by atoms with Gasteiger partial charge >= 0.3 is 11.9 Å². The van der Waals surface area contributed by atoms with Gasteiger partial charge in [0.1, 0.15) is 6.04 Å². The first-order valence-electron chi connectivity index (χ1n) is 12.3. The average Bonchev–Trinajstić information content (AvgIpc) is 2.75. The lowest BCUT2D eigenvalue weighted by molar-refractivity contribution is -0.969. The van der Waals surface area contributed by atoms with Crippen LogP contribution < -0.4 is 5.11 Å². The number of allylic oxidation sites excluding steroid dienone is 2. The summed E-state index contributed by atoms with van der Waals surface area (Å²) in [5.41, 5.74) is 0. The van der Waals surface area contributed by atoms with Gasteiger partial charge in [-0.3, -0.25) is 4.48 Å². The van der Waals surface area contributed by atoms with Crippen molar-refractivity contribution in [1.82, 2.24) is 0 Å². The number of nitrogens with zero attached hydrogens (tertiary/aromatic N) is 1. The zero-order valence-electron chi connectivity index (χ0n) is 20.6. The van der Waals surface area contributed by atoms with E-state index in [4.69, 9.17) is 0 Å². The van der Waals surface area contributed by atoms with Gasteiger partial charge in [0, 0.05) is 0 Å². The first kappa shape index (κ1) is 30.1. The molecule has 0 aliphatic heterocycles. The molecule has 0 radical (unpaired) electrons. The highest BCUT2D eigenvalue weighted by molar-refractivity contribution is 5.76. The summed E-state index contributed by atoms with van der Waals surface area (Å²) in [6, 6.07) is -3.56. The van der Waals surface area contributed by atoms with Crippen LogP contribution in [0.1, 0.15) is 105 Å². The molecule has 186 valence electrons. The van der Waals surface area contributed by atoms with Crippen molar-refractivity contribution in [2.45, 2.75) is 123 Å². The summed E-state index contributed by atoms with van der Waals surface area (Å²) in [6.07, 6.45) is 17.6. The van der Waals surface area contributed by atoms with Crippen LogP contribution in [-0.4, -0.2) is 57.3 Å². The van der Waals surface area contributed by atoms with Crippen LogP contribution in [0.5, 0.6) is 0 Å². The van der Waals surface area contributed by atoms with E-state index in [1.165, 1.54) is 59.3 Å². The van der Waals surface area contributed by atoms with Gasteiger partial charge in [0.05, 0.1) is 12.5 Å². The predicted octanol–water partition coefficient (Wildman–Crippen LogP) is 4.15. The molecule has 0 aliphatic carbocycles. The van der Waals surface area contributed by atoms with Gasteiger partial charge in [0.2, 0.25) is 0 Å². The fourth-order valence-corrected chi connectivity index (χ4v) is 4.47. The van der Waals surface area contributed by atoms with Crippen molar-refractivity contribution in [3.63, 3.8) is 0 Å². The number of carbonyl (C=O) groups is 3. The Morgan fingerprint density at radius 1 is 0.719 bits per heavy atom. The minimum Gasteiger partial charge on any atom is -0.544 e. The molecular weight excluding hydrogens is 410 g/mol. The van der Waals surface area contributed by atoms with Gasteiger partial charge in [-0.15, -0.1) is 0 Å². The lowest BCUT2D eigenvalue weighted by Gasteiger charge is -2.49. The number of unbranched alkanes of at least 4 members (excludes halogenated alkanes) is 10. The van der Waals surface area contributed by atoms with Crippen molar-refractivity contribution < 1.29 is 34.2 Å². The van der Waals surface area contributed by atoms with Gasteiger partial charge in [0.25, 0.3) is 0 Å². The van der Waals surface area contributed by atoms with E-state index in [-0.39, 0.29) is 6.54 Å². The number of hydrogen-bond donors (Lipinski definition) is 2. The van der Waals surface area contributed by atoms with E-state index in [0.717, 1.165) is 32.1 Å². The quantitative estimate of drug-likeness (QED) is 0.162. The van der Waals surface area contributed by atoms with Crippen LogP contribution in [-0.2, 0) is 14.4 Å². The maximum atomic E-state index is 11.7. The zero-order valence-corrected chi connectivity index (χ0v) is 20.6. The molecule has 0 saturated carbocycles. The van der Waals surface area contributed by atoms with Crippen molar-refractivity contribution >= 4 is 17.9 Å². The number of rotatable bonds is 20. The molecule has 7 nitrogen and oxygen atoms in total. The number of quaternary nitrogens is 1. The predicted molar refractivity (Wildman–Crippen MR) is 124 cm³/mol. The molecule has 3 unspecified atom stereocenters. The number of carboxylic acids is 3. The first-order valence-corrected chi connectivity index (χ1v) is 12.3. The molecule has 0 aromatic rings. The van der Waals surface area contributed by atoms with Crippen molar-refractivity contribution in [3.8, 4) is 0 Å². The summed E-state index contributed by atoms with van der Waals surface area (Å²) in [5.74, 6) is -3.83. The van der Waals surface area contributed by atoms with E-state index >= 15 is 0 Å². The average molecular weight is 456 g/mol. The van der Waals surface area contributed by atoms with E-state index < -0.39 is 40.5 Å². The van der Waals surface area contributed by atoms with Crippen LogP contribution in [0.2, 0.25) is 0 Å². The van der Waals surface area contributed by atoms with Crippen LogP contribution in [0.3, 0.4) is 0 Å². The molecule has 32 heavy (non-hydrogen) atoms. The Hall–Kier alpha value is -1.89. The van der Waals surface area contributed by atoms with Gasteiger partial charge in [-0.2, -0.15) is 0 Å². The van der Waals surface area contributed by atoms with Crippen molar-refractivity contribution in [1.29, 1.82) is 0 Å². The number of hydrogen-bond acceptors (Lipinski definition) is 4. The fourth-order valence-electron chi connectivity index (χ4n) is 4.47. The molecule has 0 fully saturated rings. The Bertz CT molecular complexity index is 539. The molecule has 0 rings (SSSR count). The second-order valence-electron chi connectivity index (χ2n) is 8.97. The Labute approximate surface area is 194 Å². The smallest absolute Gasteiger partial charge is 0.362 e. The van der Waals surface area contributed by atoms with Gasteiger partial charge < -0.3 is 20.1 Å². The molecular formula is C25H45NO6. The van der Waals surface area contributed by atoms with Gasteiger partial charge in [-0.05, 0) is 59.3 Å².